The Bertz CT molecular complexity index is 1790. The van der Waals surface area contributed by atoms with E-state index in [0.29, 0.717) is 32.1 Å². The number of thiazole rings is 1. The van der Waals surface area contributed by atoms with Crippen molar-refractivity contribution in [3.8, 4) is 0 Å². The zero-order valence-electron chi connectivity index (χ0n) is 23.0. The number of imidazole rings is 1. The van der Waals surface area contributed by atoms with Crippen LogP contribution in [-0.4, -0.2) is 49.3 Å². The molecule has 4 aromatic rings. The van der Waals surface area contributed by atoms with Gasteiger partial charge in [-0.25, -0.2) is 9.36 Å². The predicted molar refractivity (Wildman–Crippen MR) is 151 cm³/mol. The summed E-state index contributed by atoms with van der Waals surface area (Å²) in [6.45, 7) is 3.33. The van der Waals surface area contributed by atoms with Gasteiger partial charge in [-0.3, -0.25) is 19.7 Å². The number of esters is 1. The molecule has 1 fully saturated rings. The number of hydrogen-bond acceptors (Lipinski definition) is 8. The number of rotatable bonds is 8. The Morgan fingerprint density at radius 3 is 2.50 bits per heavy atom. The first-order valence-corrected chi connectivity index (χ1v) is 14.2. The average molecular weight is 588 g/mol. The van der Waals surface area contributed by atoms with Crippen LogP contribution >= 0.6 is 11.3 Å². The maximum Gasteiger partial charge on any atom is 0.355 e. The number of carbonyl (C=O) groups is 3. The molecular weight excluding hydrogens is 560 g/mol. The van der Waals surface area contributed by atoms with Gasteiger partial charge in [-0.15, -0.1) is 0 Å². The predicted octanol–water partition coefficient (Wildman–Crippen LogP) is 3.28. The van der Waals surface area contributed by atoms with Crippen LogP contribution in [0.2, 0.25) is 0 Å². The first-order valence-electron chi connectivity index (χ1n) is 13.3. The molecule has 1 N–H and O–H groups in total. The number of nitro benzene ring substituents is 1. The Balaban J connectivity index is 1.39. The summed E-state index contributed by atoms with van der Waals surface area (Å²) in [6.07, 6.45) is 2.73. The molecule has 42 heavy (non-hydrogen) atoms. The molecule has 0 bridgehead atoms. The van der Waals surface area contributed by atoms with Gasteiger partial charge >= 0.3 is 5.97 Å². The molecule has 0 aliphatic carbocycles. The normalized spacial score (nSPS) is 20.4. The van der Waals surface area contributed by atoms with Crippen molar-refractivity contribution in [2.75, 3.05) is 0 Å². The topological polar surface area (TPSA) is 136 Å². The van der Waals surface area contributed by atoms with E-state index in [2.05, 4.69) is 0 Å². The lowest BCUT2D eigenvalue weighted by molar-refractivity contribution is -0.508. The Hall–Kier alpha value is -4.68. The van der Waals surface area contributed by atoms with Gasteiger partial charge in [0.15, 0.2) is 0 Å². The van der Waals surface area contributed by atoms with Gasteiger partial charge in [0.1, 0.15) is 18.5 Å². The van der Waals surface area contributed by atoms with Gasteiger partial charge in [-0.05, 0) is 24.6 Å². The molecule has 12 heteroatoms. The van der Waals surface area contributed by atoms with Crippen molar-refractivity contribution < 1.29 is 33.6 Å². The molecule has 2 aliphatic heterocycles. The first-order chi connectivity index (χ1) is 20.1. The summed E-state index contributed by atoms with van der Waals surface area (Å²) in [6, 6.07) is 14.2. The van der Waals surface area contributed by atoms with Crippen LogP contribution in [0.5, 0.6) is 0 Å². The van der Waals surface area contributed by atoms with E-state index in [4.69, 9.17) is 4.74 Å². The second-order valence-corrected chi connectivity index (χ2v) is 11.6. The van der Waals surface area contributed by atoms with Crippen molar-refractivity contribution in [2.24, 2.45) is 18.9 Å². The van der Waals surface area contributed by atoms with Crippen LogP contribution in [0.4, 0.5) is 5.69 Å². The maximum absolute atomic E-state index is 13.6. The number of carbonyl (C=O) groups excluding carboxylic acids is 3. The number of aliphatic hydroxyl groups is 1. The minimum absolute atomic E-state index is 0.0783. The van der Waals surface area contributed by atoms with Crippen LogP contribution in [0.25, 0.3) is 10.4 Å². The van der Waals surface area contributed by atoms with E-state index >= 15 is 0 Å². The quantitative estimate of drug-likeness (QED) is 0.0835. The zero-order valence-corrected chi connectivity index (χ0v) is 23.8. The smallest absolute Gasteiger partial charge is 0.355 e. The van der Waals surface area contributed by atoms with E-state index in [-0.39, 0.29) is 35.6 Å². The van der Waals surface area contributed by atoms with Crippen molar-refractivity contribution in [3.05, 3.63) is 105 Å². The number of fused-ring (bicyclic) bond motifs is 2. The highest BCUT2D eigenvalue weighted by Gasteiger charge is 2.60. The van der Waals surface area contributed by atoms with Crippen molar-refractivity contribution >= 4 is 45.1 Å². The molecule has 1 saturated heterocycles. The maximum atomic E-state index is 13.6. The highest BCUT2D eigenvalue weighted by Crippen LogP contribution is 2.51. The van der Waals surface area contributed by atoms with Gasteiger partial charge < -0.3 is 14.7 Å². The molecule has 4 heterocycles. The highest BCUT2D eigenvalue weighted by atomic mass is 32.1. The van der Waals surface area contributed by atoms with E-state index in [0.717, 1.165) is 0 Å². The molecule has 11 nitrogen and oxygen atoms in total. The largest absolute Gasteiger partial charge is 0.456 e. The number of ether oxygens (including phenoxy) is 1. The lowest BCUT2D eigenvalue weighted by Crippen LogP contribution is -2.63. The fourth-order valence-electron chi connectivity index (χ4n) is 5.94. The molecule has 214 valence electrons. The number of amides is 1. The van der Waals surface area contributed by atoms with Crippen molar-refractivity contribution in [1.82, 2.24) is 9.47 Å². The Labute approximate surface area is 244 Å². The van der Waals surface area contributed by atoms with Crippen LogP contribution in [0.15, 0.2) is 72.8 Å². The average Bonchev–Trinajstić information content (AvgIpc) is 3.58. The van der Waals surface area contributed by atoms with Crippen LogP contribution in [0.3, 0.4) is 0 Å². The minimum atomic E-state index is -0.897. The number of β-lactam (4-membered cyclic amide) rings is 1. The van der Waals surface area contributed by atoms with Crippen molar-refractivity contribution in [1.29, 1.82) is 0 Å². The minimum Gasteiger partial charge on any atom is -0.456 e. The fourth-order valence-corrected chi connectivity index (χ4v) is 7.25. The monoisotopic (exact) mass is 587 g/mol. The van der Waals surface area contributed by atoms with E-state index in [9.17, 15) is 29.6 Å². The number of ketones is 1. The number of nitro groups is 1. The van der Waals surface area contributed by atoms with Crippen molar-refractivity contribution in [3.63, 3.8) is 0 Å². The SMILES string of the molecule is C[C@@H](O)[C@H]1C(=O)N2C(C(=O)OCc3ccc([N+](=O)[O-])cc3)=C(c3c[n+]4cn(C)c(C(=O)c5ccccc5)c4s3)[C@H](C)[C@H]12. The molecule has 0 unspecified atom stereocenters. The summed E-state index contributed by atoms with van der Waals surface area (Å²) < 4.78 is 9.21. The van der Waals surface area contributed by atoms with Crippen molar-refractivity contribution in [2.45, 2.75) is 32.6 Å². The molecule has 1 amide bonds. The lowest BCUT2D eigenvalue weighted by Gasteiger charge is -2.46. The number of aromatic nitrogens is 2. The van der Waals surface area contributed by atoms with Gasteiger partial charge in [0.05, 0.1) is 34.9 Å². The third kappa shape index (κ3) is 4.30. The molecule has 2 aromatic carbocycles. The Kier molecular flexibility index (Phi) is 6.74. The molecule has 2 aromatic heterocycles. The van der Waals surface area contributed by atoms with E-state index in [1.807, 2.05) is 23.6 Å². The number of nitrogens with zero attached hydrogens (tertiary/aromatic N) is 4. The second kappa shape index (κ2) is 10.3. The number of benzene rings is 2. The number of aryl methyl sites for hydroxylation is 1. The highest BCUT2D eigenvalue weighted by molar-refractivity contribution is 7.18. The van der Waals surface area contributed by atoms with Crippen LogP contribution in [0, 0.1) is 22.0 Å². The van der Waals surface area contributed by atoms with Gasteiger partial charge in [0.25, 0.3) is 5.69 Å². The molecule has 2 aliphatic rings. The van der Waals surface area contributed by atoms with Gasteiger partial charge in [-0.1, -0.05) is 48.6 Å². The van der Waals surface area contributed by atoms with Crippen LogP contribution in [-0.2, 0) is 28.0 Å². The van der Waals surface area contributed by atoms with Crippen LogP contribution in [0.1, 0.15) is 40.3 Å². The Morgan fingerprint density at radius 1 is 1.17 bits per heavy atom. The second-order valence-electron chi connectivity index (χ2n) is 10.6. The number of hydrogen-bond donors (Lipinski definition) is 1. The summed E-state index contributed by atoms with van der Waals surface area (Å²) in [7, 11) is 1.80. The number of non-ortho nitro benzene ring substituents is 1. The third-order valence-corrected chi connectivity index (χ3v) is 9.09. The molecule has 0 radical (unpaired) electrons. The third-order valence-electron chi connectivity index (χ3n) is 7.95. The lowest BCUT2D eigenvalue weighted by atomic mass is 9.77. The summed E-state index contributed by atoms with van der Waals surface area (Å²) in [4.78, 5) is 53.5. The molecule has 4 atom stereocenters. The van der Waals surface area contributed by atoms with E-state index in [1.165, 1.54) is 40.5 Å². The van der Waals surface area contributed by atoms with Gasteiger partial charge in [-0.2, -0.15) is 4.40 Å². The molecule has 0 saturated carbocycles. The van der Waals surface area contributed by atoms with E-state index in [1.54, 1.807) is 49.1 Å². The Morgan fingerprint density at radius 2 is 1.86 bits per heavy atom. The summed E-state index contributed by atoms with van der Waals surface area (Å²) in [5, 5.41) is 21.3. The number of aliphatic hydroxyl groups excluding tert-OH is 1. The van der Waals surface area contributed by atoms with Gasteiger partial charge in [0, 0.05) is 29.2 Å². The first kappa shape index (κ1) is 27.5. The summed E-state index contributed by atoms with van der Waals surface area (Å²) in [5.74, 6) is -2.16. The zero-order chi connectivity index (χ0) is 29.9. The standard InChI is InChI=1S/C30H27N4O7S/c1-16-22(21-13-32-15-31(3)26(29(32)42-21)27(36)19-7-5-4-6-8-19)25(33-24(16)23(17(2)35)28(33)37)30(38)41-14-18-9-11-20(12-10-18)34(39)40/h4-13,15-17,23-24,35H,14H2,1-3H3/q+1/t16-,17+,23+,24+/m0/s1. The van der Waals surface area contributed by atoms with E-state index < -0.39 is 29.0 Å². The summed E-state index contributed by atoms with van der Waals surface area (Å²) in [5.41, 5.74) is 2.24. The molecule has 0 spiro atoms. The van der Waals surface area contributed by atoms with Crippen LogP contribution < -0.4 is 4.40 Å². The summed E-state index contributed by atoms with van der Waals surface area (Å²) >= 11 is 1.34. The molecule has 6 rings (SSSR count). The molecular formula is C30H27N4O7S+. The van der Waals surface area contributed by atoms with Gasteiger partial charge in [0.2, 0.25) is 28.5 Å². The fraction of sp³-hybridized carbons (Fsp3) is 0.267.